The number of aromatic nitrogens is 3. The molecule has 2 aromatic rings. The van der Waals surface area contributed by atoms with E-state index in [0.29, 0.717) is 5.69 Å². The maximum absolute atomic E-state index is 10.4. The number of thiazole rings is 1. The molecule has 0 aliphatic rings. The highest BCUT2D eigenvalue weighted by molar-refractivity contribution is 7.12. The molecule has 0 atom stereocenters. The predicted octanol–water partition coefficient (Wildman–Crippen LogP) is 0.956. The second kappa shape index (κ2) is 3.59. The van der Waals surface area contributed by atoms with Crippen molar-refractivity contribution in [2.24, 2.45) is 0 Å². The van der Waals surface area contributed by atoms with Gasteiger partial charge in [0.1, 0.15) is 6.33 Å². The van der Waals surface area contributed by atoms with Crippen LogP contribution in [-0.4, -0.2) is 25.6 Å². The molecule has 2 rings (SSSR count). The van der Waals surface area contributed by atoms with Gasteiger partial charge in [0.25, 0.3) is 0 Å². The van der Waals surface area contributed by atoms with Gasteiger partial charge in [0.15, 0.2) is 5.13 Å². The molecule has 0 aliphatic heterocycles. The van der Waals surface area contributed by atoms with Crippen LogP contribution in [0.2, 0.25) is 0 Å². The molecule has 0 saturated carbocycles. The normalized spacial score (nSPS) is 10.3. The van der Waals surface area contributed by atoms with E-state index in [1.165, 1.54) is 11.3 Å². The number of hydrogen-bond donors (Lipinski definition) is 1. The molecule has 6 heteroatoms. The molecule has 0 unspecified atom stereocenters. The highest BCUT2D eigenvalue weighted by Gasteiger charge is 2.06. The third kappa shape index (κ3) is 1.80. The molecule has 2 aromatic heterocycles. The highest BCUT2D eigenvalue weighted by Crippen LogP contribution is 2.14. The molecule has 14 heavy (non-hydrogen) atoms. The van der Waals surface area contributed by atoms with Crippen molar-refractivity contribution in [3.8, 4) is 5.13 Å². The van der Waals surface area contributed by atoms with Crippen molar-refractivity contribution in [3.63, 3.8) is 0 Å². The van der Waals surface area contributed by atoms with E-state index in [0.717, 1.165) is 5.13 Å². The van der Waals surface area contributed by atoms with E-state index in [-0.39, 0.29) is 6.42 Å². The van der Waals surface area contributed by atoms with Crippen LogP contribution >= 0.6 is 11.3 Å². The second-order valence-electron chi connectivity index (χ2n) is 2.66. The van der Waals surface area contributed by atoms with E-state index in [1.54, 1.807) is 28.7 Å². The van der Waals surface area contributed by atoms with E-state index in [2.05, 4.69) is 9.97 Å². The first-order chi connectivity index (χ1) is 6.75. The lowest BCUT2D eigenvalue weighted by Gasteiger charge is -1.92. The molecule has 0 spiro atoms. The summed E-state index contributed by atoms with van der Waals surface area (Å²) >= 11 is 1.40. The Labute approximate surface area is 83.7 Å². The summed E-state index contributed by atoms with van der Waals surface area (Å²) in [6.45, 7) is 0. The molecule has 0 aromatic carbocycles. The summed E-state index contributed by atoms with van der Waals surface area (Å²) in [5.74, 6) is -0.868. The Kier molecular flexibility index (Phi) is 2.28. The third-order valence-electron chi connectivity index (χ3n) is 1.60. The minimum absolute atomic E-state index is 0.0365. The first-order valence-electron chi connectivity index (χ1n) is 3.90. The van der Waals surface area contributed by atoms with Gasteiger partial charge in [-0.15, -0.1) is 11.3 Å². The molecule has 2 heterocycles. The molecule has 0 bridgehead atoms. The molecular formula is C8H7N3O2S. The number of imidazole rings is 1. The number of hydrogen-bond acceptors (Lipinski definition) is 4. The van der Waals surface area contributed by atoms with Crippen LogP contribution in [0.15, 0.2) is 24.1 Å². The standard InChI is InChI=1S/C8H7N3O2S/c12-7(13)3-6-4-14-8(10-6)11-2-1-9-5-11/h1-2,4-5H,3H2,(H,12,13). The maximum Gasteiger partial charge on any atom is 0.309 e. The minimum atomic E-state index is -0.868. The zero-order valence-corrected chi connectivity index (χ0v) is 7.94. The van der Waals surface area contributed by atoms with Crippen molar-refractivity contribution in [3.05, 3.63) is 29.8 Å². The number of carboxylic acids is 1. The van der Waals surface area contributed by atoms with Crippen molar-refractivity contribution in [1.82, 2.24) is 14.5 Å². The largest absolute Gasteiger partial charge is 0.481 e. The van der Waals surface area contributed by atoms with Crippen LogP contribution in [0.25, 0.3) is 5.13 Å². The zero-order valence-electron chi connectivity index (χ0n) is 7.12. The Bertz CT molecular complexity index is 435. The van der Waals surface area contributed by atoms with Gasteiger partial charge in [0.05, 0.1) is 12.1 Å². The van der Waals surface area contributed by atoms with Gasteiger partial charge in [-0.1, -0.05) is 0 Å². The average molecular weight is 209 g/mol. The zero-order chi connectivity index (χ0) is 9.97. The molecule has 0 amide bonds. The summed E-state index contributed by atoms with van der Waals surface area (Å²) < 4.78 is 1.75. The van der Waals surface area contributed by atoms with Gasteiger partial charge in [0.2, 0.25) is 0 Å². The topological polar surface area (TPSA) is 68.0 Å². The monoisotopic (exact) mass is 209 g/mol. The van der Waals surface area contributed by atoms with Gasteiger partial charge >= 0.3 is 5.97 Å². The van der Waals surface area contributed by atoms with Crippen LogP contribution in [-0.2, 0) is 11.2 Å². The van der Waals surface area contributed by atoms with Crippen molar-refractivity contribution in [1.29, 1.82) is 0 Å². The van der Waals surface area contributed by atoms with Crippen molar-refractivity contribution < 1.29 is 9.90 Å². The van der Waals surface area contributed by atoms with E-state index in [1.807, 2.05) is 0 Å². The van der Waals surface area contributed by atoms with E-state index in [9.17, 15) is 4.79 Å². The van der Waals surface area contributed by atoms with Crippen LogP contribution in [0.3, 0.4) is 0 Å². The van der Waals surface area contributed by atoms with Crippen LogP contribution in [0, 0.1) is 0 Å². The van der Waals surface area contributed by atoms with Crippen molar-refractivity contribution in [2.45, 2.75) is 6.42 Å². The number of carbonyl (C=O) groups is 1. The Morgan fingerprint density at radius 2 is 2.50 bits per heavy atom. The second-order valence-corrected chi connectivity index (χ2v) is 3.50. The van der Waals surface area contributed by atoms with E-state index < -0.39 is 5.97 Å². The lowest BCUT2D eigenvalue weighted by atomic mass is 10.3. The third-order valence-corrected chi connectivity index (χ3v) is 2.50. The fourth-order valence-corrected chi connectivity index (χ4v) is 1.80. The summed E-state index contributed by atoms with van der Waals surface area (Å²) in [6, 6.07) is 0. The number of carboxylic acid groups (broad SMARTS) is 1. The van der Waals surface area contributed by atoms with Gasteiger partial charge in [-0.3, -0.25) is 9.36 Å². The molecule has 0 saturated heterocycles. The fraction of sp³-hybridized carbons (Fsp3) is 0.125. The van der Waals surface area contributed by atoms with Crippen LogP contribution in [0.5, 0.6) is 0 Å². The summed E-state index contributed by atoms with van der Waals surface area (Å²) in [5, 5.41) is 11.0. The summed E-state index contributed by atoms with van der Waals surface area (Å²) in [6.07, 6.45) is 5.01. The summed E-state index contributed by atoms with van der Waals surface area (Å²) in [5.41, 5.74) is 0.575. The van der Waals surface area contributed by atoms with Crippen LogP contribution < -0.4 is 0 Å². The number of aliphatic carboxylic acids is 1. The van der Waals surface area contributed by atoms with Gasteiger partial charge in [-0.25, -0.2) is 9.97 Å². The Hall–Kier alpha value is -1.69. The van der Waals surface area contributed by atoms with Crippen molar-refractivity contribution in [2.75, 3.05) is 0 Å². The van der Waals surface area contributed by atoms with Crippen LogP contribution in [0.1, 0.15) is 5.69 Å². The van der Waals surface area contributed by atoms with Crippen LogP contribution in [0.4, 0.5) is 0 Å². The van der Waals surface area contributed by atoms with Gasteiger partial charge < -0.3 is 5.11 Å². The van der Waals surface area contributed by atoms with Gasteiger partial charge in [0, 0.05) is 17.8 Å². The van der Waals surface area contributed by atoms with Gasteiger partial charge in [-0.05, 0) is 0 Å². The predicted molar refractivity (Wildman–Crippen MR) is 50.6 cm³/mol. The van der Waals surface area contributed by atoms with Crippen molar-refractivity contribution >= 4 is 17.3 Å². The summed E-state index contributed by atoms with van der Waals surface area (Å²) in [7, 11) is 0. The molecular weight excluding hydrogens is 202 g/mol. The fourth-order valence-electron chi connectivity index (χ4n) is 1.02. The lowest BCUT2D eigenvalue weighted by molar-refractivity contribution is -0.136. The molecule has 5 nitrogen and oxygen atoms in total. The molecule has 0 radical (unpaired) electrons. The maximum atomic E-state index is 10.4. The number of rotatable bonds is 3. The Morgan fingerprint density at radius 3 is 3.14 bits per heavy atom. The summed E-state index contributed by atoms with van der Waals surface area (Å²) in [4.78, 5) is 18.4. The quantitative estimate of drug-likeness (QED) is 0.817. The Balaban J connectivity index is 2.22. The highest BCUT2D eigenvalue weighted by atomic mass is 32.1. The SMILES string of the molecule is O=C(O)Cc1csc(-n2ccnc2)n1. The lowest BCUT2D eigenvalue weighted by Crippen LogP contribution is -2.00. The Morgan fingerprint density at radius 1 is 1.64 bits per heavy atom. The molecule has 0 aliphatic carbocycles. The smallest absolute Gasteiger partial charge is 0.309 e. The van der Waals surface area contributed by atoms with Gasteiger partial charge in [-0.2, -0.15) is 0 Å². The number of nitrogens with zero attached hydrogens (tertiary/aromatic N) is 3. The van der Waals surface area contributed by atoms with E-state index >= 15 is 0 Å². The minimum Gasteiger partial charge on any atom is -0.481 e. The molecule has 72 valence electrons. The average Bonchev–Trinajstić information content (AvgIpc) is 2.69. The first-order valence-corrected chi connectivity index (χ1v) is 4.78. The molecule has 1 N–H and O–H groups in total. The molecule has 0 fully saturated rings. The van der Waals surface area contributed by atoms with E-state index in [4.69, 9.17) is 5.11 Å². The first kappa shape index (κ1) is 8.89.